The normalized spacial score (nSPS) is 17.7. The standard InChI is InChI=1S/C29H30N4O8/c1-2-29(41-24(35)8-5-11-31-23(34)10-9-20(30)27(37)38)19-13-22-25-17(12-16-6-3-4-7-21(16)32-25)14-33(22)26(36)18(19)15-40-28(29)39/h3-4,6-7,12-13,20H,2,5,8-11,14-15,30H2,1H3,(H,31,34)(H,37,38)/t20-,29-/m0/s1. The Balaban J connectivity index is 1.34. The van der Waals surface area contributed by atoms with Crippen LogP contribution in [0.5, 0.6) is 0 Å². The molecule has 0 fully saturated rings. The number of carboxylic acid groups (broad SMARTS) is 1. The number of nitrogens with zero attached hydrogens (tertiary/aromatic N) is 2. The van der Waals surface area contributed by atoms with Crippen LogP contribution in [-0.2, 0) is 47.4 Å². The van der Waals surface area contributed by atoms with Crippen LogP contribution in [0.3, 0.4) is 0 Å². The lowest BCUT2D eigenvalue weighted by atomic mass is 9.85. The number of esters is 2. The van der Waals surface area contributed by atoms with Crippen LogP contribution in [0.15, 0.2) is 41.2 Å². The van der Waals surface area contributed by atoms with Crippen molar-refractivity contribution < 1.29 is 33.8 Å². The van der Waals surface area contributed by atoms with Gasteiger partial charge in [-0.1, -0.05) is 25.1 Å². The van der Waals surface area contributed by atoms with E-state index in [1.807, 2.05) is 30.3 Å². The minimum Gasteiger partial charge on any atom is -0.480 e. The lowest BCUT2D eigenvalue weighted by molar-refractivity contribution is -0.189. The molecule has 2 aliphatic heterocycles. The van der Waals surface area contributed by atoms with Crippen LogP contribution in [0.2, 0.25) is 0 Å². The maximum atomic E-state index is 13.6. The number of para-hydroxylation sites is 1. The van der Waals surface area contributed by atoms with Crippen LogP contribution in [-0.4, -0.2) is 51.1 Å². The number of hydrogen-bond donors (Lipinski definition) is 3. The van der Waals surface area contributed by atoms with Crippen molar-refractivity contribution >= 4 is 34.7 Å². The highest BCUT2D eigenvalue weighted by atomic mass is 16.6. The molecule has 0 aliphatic carbocycles. The predicted molar refractivity (Wildman–Crippen MR) is 145 cm³/mol. The van der Waals surface area contributed by atoms with E-state index in [0.29, 0.717) is 23.5 Å². The summed E-state index contributed by atoms with van der Waals surface area (Å²) in [6, 6.07) is 10.2. The summed E-state index contributed by atoms with van der Waals surface area (Å²) >= 11 is 0. The van der Waals surface area contributed by atoms with Crippen LogP contribution in [0, 0.1) is 0 Å². The Kier molecular flexibility index (Phi) is 7.59. The number of amides is 1. The minimum absolute atomic E-state index is 0.0103. The van der Waals surface area contributed by atoms with E-state index in [2.05, 4.69) is 5.32 Å². The summed E-state index contributed by atoms with van der Waals surface area (Å²) in [6.45, 7) is 1.92. The number of benzene rings is 1. The number of ether oxygens (including phenoxy) is 2. The van der Waals surface area contributed by atoms with Gasteiger partial charge in [0.25, 0.3) is 5.56 Å². The molecular weight excluding hydrogens is 532 g/mol. The molecule has 4 N–H and O–H groups in total. The third-order valence-corrected chi connectivity index (χ3v) is 7.55. The fourth-order valence-corrected chi connectivity index (χ4v) is 5.29. The second-order valence-corrected chi connectivity index (χ2v) is 10.2. The Morgan fingerprint density at radius 2 is 2.00 bits per heavy atom. The Labute approximate surface area is 234 Å². The number of rotatable bonds is 10. The van der Waals surface area contributed by atoms with E-state index in [1.165, 1.54) is 0 Å². The van der Waals surface area contributed by atoms with Gasteiger partial charge in [0, 0.05) is 35.9 Å². The summed E-state index contributed by atoms with van der Waals surface area (Å²) in [5.41, 5.74) is 6.66. The Morgan fingerprint density at radius 1 is 1.22 bits per heavy atom. The number of nitrogens with two attached hydrogens (primary N) is 1. The first-order valence-corrected chi connectivity index (χ1v) is 13.4. The van der Waals surface area contributed by atoms with Crippen molar-refractivity contribution in [2.24, 2.45) is 5.73 Å². The fourth-order valence-electron chi connectivity index (χ4n) is 5.29. The number of pyridine rings is 2. The van der Waals surface area contributed by atoms with Gasteiger partial charge in [-0.25, -0.2) is 9.78 Å². The second-order valence-electron chi connectivity index (χ2n) is 10.2. The molecule has 0 unspecified atom stereocenters. The van der Waals surface area contributed by atoms with E-state index in [1.54, 1.807) is 17.6 Å². The summed E-state index contributed by atoms with van der Waals surface area (Å²) in [7, 11) is 0. The maximum Gasteiger partial charge on any atom is 0.355 e. The Hall–Kier alpha value is -4.58. The van der Waals surface area contributed by atoms with Gasteiger partial charge in [-0.05, 0) is 37.5 Å². The Bertz CT molecular complexity index is 1630. The van der Waals surface area contributed by atoms with Gasteiger partial charge in [0.05, 0.1) is 29.0 Å². The smallest absolute Gasteiger partial charge is 0.355 e. The molecule has 12 nitrogen and oxygen atoms in total. The van der Waals surface area contributed by atoms with Crippen LogP contribution in [0.25, 0.3) is 22.3 Å². The average molecular weight is 563 g/mol. The van der Waals surface area contributed by atoms with E-state index in [4.69, 9.17) is 25.3 Å². The SMILES string of the molecule is CC[C@@]1(OC(=O)CCCNC(=O)CC[C@H](N)C(=O)O)C(=O)OCc2c1cc1n(c2=O)Cc2cc3ccccc3nc2-1. The van der Waals surface area contributed by atoms with Gasteiger partial charge in [-0.3, -0.25) is 19.2 Å². The van der Waals surface area contributed by atoms with E-state index in [0.717, 1.165) is 16.5 Å². The molecule has 0 radical (unpaired) electrons. The quantitative estimate of drug-likeness (QED) is 0.190. The molecule has 4 heterocycles. The highest BCUT2D eigenvalue weighted by molar-refractivity contribution is 5.88. The van der Waals surface area contributed by atoms with Gasteiger partial charge < -0.3 is 30.2 Å². The van der Waals surface area contributed by atoms with Crippen LogP contribution in [0.4, 0.5) is 0 Å². The lowest BCUT2D eigenvalue weighted by Crippen LogP contribution is -2.47. The largest absolute Gasteiger partial charge is 0.480 e. The molecule has 1 aromatic carbocycles. The molecule has 2 atom stereocenters. The minimum atomic E-state index is -1.80. The number of carbonyl (C=O) groups excluding carboxylic acids is 3. The second kappa shape index (κ2) is 11.1. The van der Waals surface area contributed by atoms with Crippen LogP contribution in [0.1, 0.15) is 55.7 Å². The number of aliphatic carboxylic acids is 1. The van der Waals surface area contributed by atoms with E-state index in [-0.39, 0.29) is 62.3 Å². The number of carboxylic acids is 1. The predicted octanol–water partition coefficient (Wildman–Crippen LogP) is 1.72. The number of aromatic nitrogens is 2. The topological polar surface area (TPSA) is 180 Å². The van der Waals surface area contributed by atoms with Crippen molar-refractivity contribution in [1.29, 1.82) is 0 Å². The first-order chi connectivity index (χ1) is 19.6. The van der Waals surface area contributed by atoms with E-state index in [9.17, 15) is 24.0 Å². The molecule has 41 heavy (non-hydrogen) atoms. The van der Waals surface area contributed by atoms with Crippen molar-refractivity contribution in [1.82, 2.24) is 14.9 Å². The highest BCUT2D eigenvalue weighted by Crippen LogP contribution is 2.41. The number of fused-ring (bicyclic) bond motifs is 5. The van der Waals surface area contributed by atoms with E-state index < -0.39 is 29.6 Å². The average Bonchev–Trinajstić information content (AvgIpc) is 3.32. The molecule has 0 spiro atoms. The maximum absolute atomic E-state index is 13.6. The molecule has 2 aromatic heterocycles. The molecule has 2 aliphatic rings. The monoisotopic (exact) mass is 562 g/mol. The molecule has 1 amide bonds. The van der Waals surface area contributed by atoms with Crippen LogP contribution < -0.4 is 16.6 Å². The van der Waals surface area contributed by atoms with Crippen molar-refractivity contribution in [2.75, 3.05) is 6.54 Å². The zero-order valence-corrected chi connectivity index (χ0v) is 22.5. The summed E-state index contributed by atoms with van der Waals surface area (Å²) in [6.07, 6.45) is 0.0802. The fraction of sp³-hybridized carbons (Fsp3) is 0.379. The van der Waals surface area contributed by atoms with Gasteiger partial charge in [0.2, 0.25) is 11.5 Å². The first-order valence-electron chi connectivity index (χ1n) is 13.4. The van der Waals surface area contributed by atoms with Crippen molar-refractivity contribution in [3.63, 3.8) is 0 Å². The van der Waals surface area contributed by atoms with E-state index >= 15 is 0 Å². The third kappa shape index (κ3) is 5.18. The van der Waals surface area contributed by atoms with Gasteiger partial charge in [-0.2, -0.15) is 0 Å². The number of hydrogen-bond acceptors (Lipinski definition) is 9. The van der Waals surface area contributed by atoms with Crippen LogP contribution >= 0.6 is 0 Å². The molecule has 5 rings (SSSR count). The zero-order valence-electron chi connectivity index (χ0n) is 22.5. The van der Waals surface area contributed by atoms with Gasteiger partial charge in [0.1, 0.15) is 12.6 Å². The summed E-state index contributed by atoms with van der Waals surface area (Å²) in [4.78, 5) is 67.1. The summed E-state index contributed by atoms with van der Waals surface area (Å²) < 4.78 is 12.7. The molecule has 3 aromatic rings. The van der Waals surface area contributed by atoms with Gasteiger partial charge in [-0.15, -0.1) is 0 Å². The molecule has 0 saturated heterocycles. The number of nitrogens with one attached hydrogen (secondary N) is 1. The first kappa shape index (κ1) is 28.0. The zero-order chi connectivity index (χ0) is 29.3. The Morgan fingerprint density at radius 3 is 2.76 bits per heavy atom. The molecule has 214 valence electrons. The molecule has 0 saturated carbocycles. The van der Waals surface area contributed by atoms with Crippen molar-refractivity contribution in [2.45, 2.75) is 63.8 Å². The van der Waals surface area contributed by atoms with Gasteiger partial charge >= 0.3 is 17.9 Å². The highest BCUT2D eigenvalue weighted by Gasteiger charge is 2.50. The van der Waals surface area contributed by atoms with Crippen molar-refractivity contribution in [3.05, 3.63) is 63.4 Å². The molecule has 12 heteroatoms. The summed E-state index contributed by atoms with van der Waals surface area (Å²) in [5.74, 6) is -3.02. The summed E-state index contributed by atoms with van der Waals surface area (Å²) in [5, 5.41) is 12.4. The molecule has 0 bridgehead atoms. The third-order valence-electron chi connectivity index (χ3n) is 7.55. The van der Waals surface area contributed by atoms with Crippen molar-refractivity contribution in [3.8, 4) is 11.4 Å². The number of carbonyl (C=O) groups is 4. The lowest BCUT2D eigenvalue weighted by Gasteiger charge is -2.35. The number of cyclic esters (lactones) is 1. The molecular formula is C29H30N4O8. The van der Waals surface area contributed by atoms with Gasteiger partial charge in [0.15, 0.2) is 0 Å².